The molecule has 0 unspecified atom stereocenters. The standard InChI is InChI=1S/C12H14O7/c1-5-4-6-7-8(17-9(6)13)10(15-2)19-12(7,18-5)11(14)16-3/h4,6-8,10H,1-3H3/t6-,7+,8-,10-,12+/m1/s1. The molecule has 7 heteroatoms. The average molecular weight is 270 g/mol. The Hall–Kier alpha value is -1.60. The van der Waals surface area contributed by atoms with Crippen LogP contribution in [0, 0.1) is 11.8 Å². The van der Waals surface area contributed by atoms with Gasteiger partial charge >= 0.3 is 17.7 Å². The van der Waals surface area contributed by atoms with Crippen LogP contribution in [-0.2, 0) is 33.3 Å². The largest absolute Gasteiger partial charge is 0.464 e. The van der Waals surface area contributed by atoms with Crippen molar-refractivity contribution in [2.75, 3.05) is 14.2 Å². The monoisotopic (exact) mass is 270 g/mol. The van der Waals surface area contributed by atoms with E-state index in [-0.39, 0.29) is 0 Å². The Bertz CT molecular complexity index is 471. The third-order valence-electron chi connectivity index (χ3n) is 3.69. The molecular formula is C12H14O7. The highest BCUT2D eigenvalue weighted by Crippen LogP contribution is 2.52. The second-order valence-electron chi connectivity index (χ2n) is 4.71. The first kappa shape index (κ1) is 12.4. The van der Waals surface area contributed by atoms with Gasteiger partial charge in [0.2, 0.25) is 0 Å². The van der Waals surface area contributed by atoms with Gasteiger partial charge in [-0.1, -0.05) is 0 Å². The van der Waals surface area contributed by atoms with Gasteiger partial charge in [-0.25, -0.2) is 4.79 Å². The van der Waals surface area contributed by atoms with E-state index in [1.165, 1.54) is 14.2 Å². The first-order valence-electron chi connectivity index (χ1n) is 5.90. The third-order valence-corrected chi connectivity index (χ3v) is 3.69. The number of hydrogen-bond donors (Lipinski definition) is 0. The smallest absolute Gasteiger partial charge is 0.380 e. The van der Waals surface area contributed by atoms with Crippen LogP contribution in [0.25, 0.3) is 0 Å². The molecule has 7 nitrogen and oxygen atoms in total. The molecule has 19 heavy (non-hydrogen) atoms. The third kappa shape index (κ3) is 1.45. The van der Waals surface area contributed by atoms with Crippen molar-refractivity contribution in [3.63, 3.8) is 0 Å². The van der Waals surface area contributed by atoms with Gasteiger partial charge in [0.05, 0.1) is 24.7 Å². The molecule has 0 spiro atoms. The molecule has 0 aliphatic carbocycles. The van der Waals surface area contributed by atoms with Crippen LogP contribution in [0.2, 0.25) is 0 Å². The maximum absolute atomic E-state index is 12.1. The summed E-state index contributed by atoms with van der Waals surface area (Å²) >= 11 is 0. The average Bonchev–Trinajstić information content (AvgIpc) is 2.88. The topological polar surface area (TPSA) is 80.3 Å². The summed E-state index contributed by atoms with van der Waals surface area (Å²) in [7, 11) is 2.65. The van der Waals surface area contributed by atoms with E-state index in [0.29, 0.717) is 5.76 Å². The minimum Gasteiger partial charge on any atom is -0.464 e. The van der Waals surface area contributed by atoms with Gasteiger partial charge < -0.3 is 18.9 Å². The molecule has 2 saturated heterocycles. The molecule has 0 bridgehead atoms. The summed E-state index contributed by atoms with van der Waals surface area (Å²) in [6.45, 7) is 1.64. The summed E-state index contributed by atoms with van der Waals surface area (Å²) in [6, 6.07) is 0. The van der Waals surface area contributed by atoms with Gasteiger partial charge in [-0.2, -0.15) is 0 Å². The van der Waals surface area contributed by atoms with Crippen molar-refractivity contribution in [1.82, 2.24) is 0 Å². The number of esters is 2. The molecule has 104 valence electrons. The van der Waals surface area contributed by atoms with E-state index in [9.17, 15) is 9.59 Å². The van der Waals surface area contributed by atoms with Gasteiger partial charge in [-0.3, -0.25) is 9.53 Å². The van der Waals surface area contributed by atoms with Crippen LogP contribution in [-0.4, -0.2) is 44.3 Å². The van der Waals surface area contributed by atoms with E-state index < -0.39 is 42.0 Å². The molecule has 0 aromatic rings. The number of ether oxygens (including phenoxy) is 5. The maximum Gasteiger partial charge on any atom is 0.380 e. The quantitative estimate of drug-likeness (QED) is 0.651. The lowest BCUT2D eigenvalue weighted by Crippen LogP contribution is -2.52. The minimum atomic E-state index is -1.67. The summed E-state index contributed by atoms with van der Waals surface area (Å²) in [5, 5.41) is 0. The van der Waals surface area contributed by atoms with Gasteiger partial charge in [0.1, 0.15) is 0 Å². The van der Waals surface area contributed by atoms with Gasteiger partial charge in [0.25, 0.3) is 0 Å². The number of carbonyl (C=O) groups is 2. The van der Waals surface area contributed by atoms with Gasteiger partial charge in [-0.15, -0.1) is 0 Å². The summed E-state index contributed by atoms with van der Waals surface area (Å²) in [5.74, 6) is -3.54. The Morgan fingerprint density at radius 2 is 2.16 bits per heavy atom. The Labute approximate surface area is 109 Å². The summed E-state index contributed by atoms with van der Waals surface area (Å²) < 4.78 is 26.3. The van der Waals surface area contributed by atoms with Crippen LogP contribution in [0.5, 0.6) is 0 Å². The van der Waals surface area contributed by atoms with Crippen molar-refractivity contribution in [1.29, 1.82) is 0 Å². The zero-order valence-electron chi connectivity index (χ0n) is 10.7. The lowest BCUT2D eigenvalue weighted by atomic mass is 9.82. The van der Waals surface area contributed by atoms with Gasteiger partial charge in [0.15, 0.2) is 12.4 Å². The lowest BCUT2D eigenvalue weighted by Gasteiger charge is -2.35. The van der Waals surface area contributed by atoms with Crippen molar-refractivity contribution in [3.05, 3.63) is 11.8 Å². The van der Waals surface area contributed by atoms with Crippen molar-refractivity contribution in [3.8, 4) is 0 Å². The van der Waals surface area contributed by atoms with Crippen LogP contribution < -0.4 is 0 Å². The molecule has 5 atom stereocenters. The molecular weight excluding hydrogens is 256 g/mol. The fourth-order valence-corrected chi connectivity index (χ4v) is 2.97. The van der Waals surface area contributed by atoms with Crippen molar-refractivity contribution < 1.29 is 33.3 Å². The van der Waals surface area contributed by atoms with Crippen LogP contribution in [0.3, 0.4) is 0 Å². The summed E-state index contributed by atoms with van der Waals surface area (Å²) in [5.41, 5.74) is 0. The first-order chi connectivity index (χ1) is 9.03. The molecule has 0 aromatic heterocycles. The first-order valence-corrected chi connectivity index (χ1v) is 5.90. The molecule has 3 heterocycles. The SMILES string of the molecule is COC(=O)[C@@]12OC(C)=C[C@H]3C(=O)O[C@@H]([C@H](OC)O1)[C@H]32. The van der Waals surface area contributed by atoms with E-state index >= 15 is 0 Å². The second-order valence-corrected chi connectivity index (χ2v) is 4.71. The van der Waals surface area contributed by atoms with Crippen molar-refractivity contribution in [2.24, 2.45) is 11.8 Å². The van der Waals surface area contributed by atoms with Crippen molar-refractivity contribution in [2.45, 2.75) is 25.1 Å². The maximum atomic E-state index is 12.1. The molecule has 0 aromatic carbocycles. The Morgan fingerprint density at radius 3 is 2.79 bits per heavy atom. The van der Waals surface area contributed by atoms with Gasteiger partial charge in [0, 0.05) is 7.11 Å². The molecule has 3 rings (SSSR count). The summed E-state index contributed by atoms with van der Waals surface area (Å²) in [6.07, 6.45) is 0.110. The second kappa shape index (κ2) is 3.94. The highest BCUT2D eigenvalue weighted by molar-refractivity contribution is 5.85. The molecule has 0 radical (unpaired) electrons. The molecule has 2 fully saturated rings. The Balaban J connectivity index is 2.10. The normalized spacial score (nSPS) is 43.1. The van der Waals surface area contributed by atoms with E-state index in [0.717, 1.165) is 0 Å². The molecule has 0 amide bonds. The fourth-order valence-electron chi connectivity index (χ4n) is 2.97. The highest BCUT2D eigenvalue weighted by Gasteiger charge is 2.72. The predicted octanol–water partition coefficient (Wildman–Crippen LogP) is -0.0498. The predicted molar refractivity (Wildman–Crippen MR) is 58.3 cm³/mol. The summed E-state index contributed by atoms with van der Waals surface area (Å²) in [4.78, 5) is 24.0. The van der Waals surface area contributed by atoms with E-state index in [1.54, 1.807) is 13.0 Å². The highest BCUT2D eigenvalue weighted by atomic mass is 16.8. The number of rotatable bonds is 2. The van der Waals surface area contributed by atoms with Gasteiger partial charge in [-0.05, 0) is 13.0 Å². The van der Waals surface area contributed by atoms with Crippen LogP contribution in [0.15, 0.2) is 11.8 Å². The molecule has 3 aliphatic rings. The Morgan fingerprint density at radius 1 is 1.42 bits per heavy atom. The molecule has 0 N–H and O–H groups in total. The van der Waals surface area contributed by atoms with Crippen molar-refractivity contribution >= 4 is 11.9 Å². The lowest BCUT2D eigenvalue weighted by molar-refractivity contribution is -0.274. The number of allylic oxidation sites excluding steroid dienone is 1. The van der Waals surface area contributed by atoms with Crippen LogP contribution in [0.4, 0.5) is 0 Å². The zero-order chi connectivity index (χ0) is 13.8. The van der Waals surface area contributed by atoms with Crippen LogP contribution >= 0.6 is 0 Å². The van der Waals surface area contributed by atoms with E-state index in [4.69, 9.17) is 23.7 Å². The Kier molecular flexibility index (Phi) is 2.58. The number of methoxy groups -OCH3 is 2. The molecule has 3 aliphatic heterocycles. The molecule has 0 saturated carbocycles. The number of hydrogen-bond acceptors (Lipinski definition) is 7. The van der Waals surface area contributed by atoms with E-state index in [1.807, 2.05) is 0 Å². The minimum absolute atomic E-state index is 0.406. The van der Waals surface area contributed by atoms with E-state index in [2.05, 4.69) is 0 Å². The van der Waals surface area contributed by atoms with Crippen LogP contribution in [0.1, 0.15) is 6.92 Å². The fraction of sp³-hybridized carbons (Fsp3) is 0.667. The number of carbonyl (C=O) groups excluding carboxylic acids is 2. The zero-order valence-corrected chi connectivity index (χ0v) is 10.7.